The van der Waals surface area contributed by atoms with Crippen LogP contribution in [0.2, 0.25) is 0 Å². The molecule has 1 aromatic carbocycles. The van der Waals surface area contributed by atoms with Gasteiger partial charge in [-0.3, -0.25) is 0 Å². The van der Waals surface area contributed by atoms with Gasteiger partial charge in [0.25, 0.3) is 0 Å². The van der Waals surface area contributed by atoms with Gasteiger partial charge in [0, 0.05) is 22.6 Å². The maximum absolute atomic E-state index is 9.22. The smallest absolute Gasteiger partial charge is 0.399 e. The van der Waals surface area contributed by atoms with Crippen molar-refractivity contribution >= 4 is 23.5 Å². The Labute approximate surface area is 125 Å². The normalized spacial score (nSPS) is 19.9. The molecule has 3 rings (SSSR count). The van der Waals surface area contributed by atoms with E-state index in [1.807, 2.05) is 52.9 Å². The van der Waals surface area contributed by atoms with Gasteiger partial charge in [0.2, 0.25) is 0 Å². The Kier molecular flexibility index (Phi) is 2.95. The molecule has 0 atom stereocenters. The van der Waals surface area contributed by atoms with Crippen molar-refractivity contribution in [1.29, 1.82) is 5.26 Å². The Morgan fingerprint density at radius 3 is 2.33 bits per heavy atom. The Morgan fingerprint density at radius 2 is 1.76 bits per heavy atom. The lowest BCUT2D eigenvalue weighted by atomic mass is 9.78. The van der Waals surface area contributed by atoms with E-state index in [4.69, 9.17) is 9.31 Å². The second-order valence-electron chi connectivity index (χ2n) is 6.66. The Morgan fingerprint density at radius 1 is 1.14 bits per heavy atom. The van der Waals surface area contributed by atoms with Crippen LogP contribution in [-0.2, 0) is 9.31 Å². The molecule has 1 fully saturated rings. The zero-order valence-corrected chi connectivity index (χ0v) is 13.1. The van der Waals surface area contributed by atoms with Gasteiger partial charge in [0.05, 0.1) is 22.8 Å². The lowest BCUT2D eigenvalue weighted by Gasteiger charge is -2.32. The SMILES string of the molecule is Cc1cc2[nH]cc(B3OC(C)(C)C(C)(C)O3)c2cc1C#N. The quantitative estimate of drug-likeness (QED) is 0.818. The summed E-state index contributed by atoms with van der Waals surface area (Å²) in [6.45, 7) is 10.1. The zero-order valence-electron chi connectivity index (χ0n) is 13.1. The van der Waals surface area contributed by atoms with Gasteiger partial charge >= 0.3 is 7.12 Å². The van der Waals surface area contributed by atoms with E-state index in [1.165, 1.54) is 0 Å². The monoisotopic (exact) mass is 282 g/mol. The minimum Gasteiger partial charge on any atom is -0.399 e. The molecule has 0 radical (unpaired) electrons. The van der Waals surface area contributed by atoms with Gasteiger partial charge in [-0.2, -0.15) is 5.26 Å². The summed E-state index contributed by atoms with van der Waals surface area (Å²) in [5, 5.41) is 10.2. The summed E-state index contributed by atoms with van der Waals surface area (Å²) in [6.07, 6.45) is 1.91. The first-order valence-corrected chi connectivity index (χ1v) is 7.12. The van der Waals surface area contributed by atoms with Gasteiger partial charge in [0.15, 0.2) is 0 Å². The first-order chi connectivity index (χ1) is 9.75. The number of nitriles is 1. The number of benzene rings is 1. The summed E-state index contributed by atoms with van der Waals surface area (Å²) >= 11 is 0. The summed E-state index contributed by atoms with van der Waals surface area (Å²) in [5.41, 5.74) is 2.84. The minimum atomic E-state index is -0.419. The molecule has 21 heavy (non-hydrogen) atoms. The molecular weight excluding hydrogens is 263 g/mol. The van der Waals surface area contributed by atoms with Crippen LogP contribution in [0.4, 0.5) is 0 Å². The second kappa shape index (κ2) is 4.36. The van der Waals surface area contributed by atoms with Gasteiger partial charge in [-0.25, -0.2) is 0 Å². The minimum absolute atomic E-state index is 0.371. The van der Waals surface area contributed by atoms with Gasteiger partial charge in [-0.15, -0.1) is 0 Å². The highest BCUT2D eigenvalue weighted by molar-refractivity contribution is 6.65. The van der Waals surface area contributed by atoms with Crippen LogP contribution in [0.5, 0.6) is 0 Å². The third kappa shape index (κ3) is 2.07. The van der Waals surface area contributed by atoms with Crippen LogP contribution in [0, 0.1) is 18.3 Å². The lowest BCUT2D eigenvalue weighted by Crippen LogP contribution is -2.41. The maximum atomic E-state index is 9.22. The van der Waals surface area contributed by atoms with Crippen LogP contribution in [-0.4, -0.2) is 23.3 Å². The first-order valence-electron chi connectivity index (χ1n) is 7.12. The summed E-state index contributed by atoms with van der Waals surface area (Å²) < 4.78 is 12.2. The van der Waals surface area contributed by atoms with Gasteiger partial charge in [0.1, 0.15) is 0 Å². The summed E-state index contributed by atoms with van der Waals surface area (Å²) in [7, 11) is -0.419. The van der Waals surface area contributed by atoms with Crippen LogP contribution in [0.3, 0.4) is 0 Å². The fourth-order valence-electron chi connectivity index (χ4n) is 2.58. The number of nitrogens with one attached hydrogen (secondary N) is 1. The van der Waals surface area contributed by atoms with Crippen molar-refractivity contribution in [2.24, 2.45) is 0 Å². The predicted octanol–water partition coefficient (Wildman–Crippen LogP) is 2.65. The molecule has 1 saturated heterocycles. The van der Waals surface area contributed by atoms with E-state index in [1.54, 1.807) is 0 Å². The van der Waals surface area contributed by atoms with E-state index in [0.29, 0.717) is 5.56 Å². The molecule has 0 aliphatic carbocycles. The van der Waals surface area contributed by atoms with Crippen LogP contribution in [0.15, 0.2) is 18.3 Å². The van der Waals surface area contributed by atoms with Crippen LogP contribution in [0.25, 0.3) is 10.9 Å². The fraction of sp³-hybridized carbons (Fsp3) is 0.438. The average Bonchev–Trinajstić information content (AvgIpc) is 2.87. The predicted molar refractivity (Wildman–Crippen MR) is 83.5 cm³/mol. The number of H-pyrrole nitrogens is 1. The van der Waals surface area contributed by atoms with E-state index >= 15 is 0 Å². The number of aromatic amines is 1. The number of hydrogen-bond acceptors (Lipinski definition) is 3. The molecule has 0 spiro atoms. The molecule has 5 heteroatoms. The van der Waals surface area contributed by atoms with E-state index in [0.717, 1.165) is 21.9 Å². The van der Waals surface area contributed by atoms with Gasteiger partial charge in [-0.1, -0.05) is 0 Å². The van der Waals surface area contributed by atoms with Crippen molar-refractivity contribution in [2.45, 2.75) is 45.8 Å². The van der Waals surface area contributed by atoms with E-state index in [2.05, 4.69) is 11.1 Å². The molecule has 4 nitrogen and oxygen atoms in total. The Hall–Kier alpha value is -1.77. The van der Waals surface area contributed by atoms with Crippen LogP contribution in [0.1, 0.15) is 38.8 Å². The zero-order chi connectivity index (χ0) is 15.4. The highest BCUT2D eigenvalue weighted by atomic mass is 16.7. The third-order valence-corrected chi connectivity index (χ3v) is 4.69. The molecule has 108 valence electrons. The van der Waals surface area contributed by atoms with Crippen LogP contribution >= 0.6 is 0 Å². The molecule has 0 unspecified atom stereocenters. The number of aryl methyl sites for hydroxylation is 1. The summed E-state index contributed by atoms with van der Waals surface area (Å²) in [6, 6.07) is 6.12. The third-order valence-electron chi connectivity index (χ3n) is 4.69. The topological polar surface area (TPSA) is 58.0 Å². The van der Waals surface area contributed by atoms with E-state index in [9.17, 15) is 5.26 Å². The lowest BCUT2D eigenvalue weighted by molar-refractivity contribution is 0.00578. The molecular formula is C16H19BN2O2. The standard InChI is InChI=1S/C16H19BN2O2/c1-10-6-14-12(7-11(10)8-18)13(9-19-14)17-20-15(2,3)16(4,5)21-17/h6-7,9,19H,1-5H3. The van der Waals surface area contributed by atoms with Crippen molar-refractivity contribution in [2.75, 3.05) is 0 Å². The van der Waals surface area contributed by atoms with Crippen molar-refractivity contribution in [3.63, 3.8) is 0 Å². The highest BCUT2D eigenvalue weighted by Crippen LogP contribution is 2.37. The highest BCUT2D eigenvalue weighted by Gasteiger charge is 2.52. The van der Waals surface area contributed by atoms with Crippen molar-refractivity contribution in [3.8, 4) is 6.07 Å². The van der Waals surface area contributed by atoms with Gasteiger partial charge in [-0.05, 0) is 52.3 Å². The molecule has 1 aliphatic rings. The average molecular weight is 282 g/mol. The maximum Gasteiger partial charge on any atom is 0.497 e. The Bertz CT molecular complexity index is 739. The molecule has 0 saturated carbocycles. The molecule has 2 heterocycles. The van der Waals surface area contributed by atoms with E-state index < -0.39 is 7.12 Å². The Balaban J connectivity index is 2.09. The second-order valence-corrected chi connectivity index (χ2v) is 6.66. The van der Waals surface area contributed by atoms with E-state index in [-0.39, 0.29) is 11.2 Å². The summed E-state index contributed by atoms with van der Waals surface area (Å²) in [4.78, 5) is 3.24. The number of aromatic nitrogens is 1. The van der Waals surface area contributed by atoms with Gasteiger partial charge < -0.3 is 14.3 Å². The fourth-order valence-corrected chi connectivity index (χ4v) is 2.58. The van der Waals surface area contributed by atoms with Crippen molar-refractivity contribution in [1.82, 2.24) is 4.98 Å². The first kappa shape index (κ1) is 14.2. The number of fused-ring (bicyclic) bond motifs is 1. The molecule has 1 aromatic heterocycles. The molecule has 1 aliphatic heterocycles. The van der Waals surface area contributed by atoms with Crippen molar-refractivity contribution in [3.05, 3.63) is 29.5 Å². The number of hydrogen-bond donors (Lipinski definition) is 1. The largest absolute Gasteiger partial charge is 0.497 e. The molecule has 0 amide bonds. The molecule has 1 N–H and O–H groups in total. The number of nitrogens with zero attached hydrogens (tertiary/aromatic N) is 1. The molecule has 0 bridgehead atoms. The van der Waals surface area contributed by atoms with Crippen LogP contribution < -0.4 is 5.46 Å². The van der Waals surface area contributed by atoms with Crippen molar-refractivity contribution < 1.29 is 9.31 Å². The number of rotatable bonds is 1. The summed E-state index contributed by atoms with van der Waals surface area (Å²) in [5.74, 6) is 0. The molecule has 2 aromatic rings.